The zero-order valence-corrected chi connectivity index (χ0v) is 11.8. The Balaban J connectivity index is 2.21. The molecular weight excluding hydrogens is 321 g/mol. The lowest BCUT2D eigenvalue weighted by Gasteiger charge is -2.06. The molecule has 1 amide bonds. The lowest BCUT2D eigenvalue weighted by Crippen LogP contribution is -2.12. The van der Waals surface area contributed by atoms with Gasteiger partial charge in [0.15, 0.2) is 0 Å². The number of amides is 1. The van der Waals surface area contributed by atoms with Crippen LogP contribution in [-0.2, 0) is 0 Å². The molecule has 0 spiro atoms. The van der Waals surface area contributed by atoms with Crippen molar-refractivity contribution in [3.8, 4) is 5.75 Å². The van der Waals surface area contributed by atoms with Crippen molar-refractivity contribution in [2.24, 2.45) is 0 Å². The topological polar surface area (TPSA) is 38.3 Å². The number of thiophene rings is 1. The highest BCUT2D eigenvalue weighted by Crippen LogP contribution is 2.26. The van der Waals surface area contributed by atoms with Crippen molar-refractivity contribution in [2.75, 3.05) is 12.4 Å². The monoisotopic (exact) mass is 329 g/mol. The highest BCUT2D eigenvalue weighted by Gasteiger charge is 2.15. The van der Waals surface area contributed by atoms with E-state index < -0.39 is 5.82 Å². The maximum atomic E-state index is 13.6. The summed E-state index contributed by atoms with van der Waals surface area (Å²) in [5, 5.41) is 4.25. The van der Waals surface area contributed by atoms with Gasteiger partial charge in [-0.1, -0.05) is 15.9 Å². The molecule has 1 aromatic heterocycles. The van der Waals surface area contributed by atoms with E-state index in [4.69, 9.17) is 4.74 Å². The van der Waals surface area contributed by atoms with E-state index in [9.17, 15) is 9.18 Å². The second kappa shape index (κ2) is 5.49. The molecule has 18 heavy (non-hydrogen) atoms. The van der Waals surface area contributed by atoms with Crippen LogP contribution >= 0.6 is 27.3 Å². The van der Waals surface area contributed by atoms with Crippen LogP contribution < -0.4 is 10.1 Å². The van der Waals surface area contributed by atoms with Gasteiger partial charge in [0.25, 0.3) is 5.91 Å². The first-order chi connectivity index (χ1) is 8.61. The van der Waals surface area contributed by atoms with E-state index in [0.29, 0.717) is 15.1 Å². The molecule has 0 atom stereocenters. The number of carbonyl (C=O) groups is 1. The van der Waals surface area contributed by atoms with E-state index in [0.717, 1.165) is 0 Å². The molecule has 2 rings (SSSR count). The summed E-state index contributed by atoms with van der Waals surface area (Å²) in [6, 6.07) is 6.14. The first kappa shape index (κ1) is 13.0. The Kier molecular flexibility index (Phi) is 3.98. The van der Waals surface area contributed by atoms with Crippen LogP contribution in [0.25, 0.3) is 0 Å². The van der Waals surface area contributed by atoms with Gasteiger partial charge < -0.3 is 10.1 Å². The molecule has 0 aliphatic carbocycles. The van der Waals surface area contributed by atoms with Crippen molar-refractivity contribution in [1.29, 1.82) is 0 Å². The molecule has 94 valence electrons. The Bertz CT molecular complexity index is 585. The fourth-order valence-corrected chi connectivity index (χ4v) is 2.48. The maximum Gasteiger partial charge on any atom is 0.269 e. The summed E-state index contributed by atoms with van der Waals surface area (Å²) in [5.74, 6) is -0.397. The Morgan fingerprint density at radius 1 is 1.44 bits per heavy atom. The molecule has 1 N–H and O–H groups in total. The van der Waals surface area contributed by atoms with Crippen molar-refractivity contribution < 1.29 is 13.9 Å². The van der Waals surface area contributed by atoms with E-state index in [-0.39, 0.29) is 11.6 Å². The number of rotatable bonds is 3. The van der Waals surface area contributed by atoms with Crippen LogP contribution in [0.4, 0.5) is 10.1 Å². The average molecular weight is 330 g/mol. The summed E-state index contributed by atoms with van der Waals surface area (Å²) in [6.45, 7) is 0. The highest BCUT2D eigenvalue weighted by molar-refractivity contribution is 9.10. The summed E-state index contributed by atoms with van der Waals surface area (Å²) in [4.78, 5) is 12.3. The quantitative estimate of drug-likeness (QED) is 0.927. The molecule has 1 heterocycles. The Labute approximate surface area is 116 Å². The van der Waals surface area contributed by atoms with E-state index in [1.807, 2.05) is 0 Å². The van der Waals surface area contributed by atoms with Crippen LogP contribution in [0.2, 0.25) is 0 Å². The van der Waals surface area contributed by atoms with Crippen LogP contribution in [0, 0.1) is 5.82 Å². The number of anilines is 1. The third kappa shape index (κ3) is 2.70. The standard InChI is InChI=1S/C12H9BrFNO2S/c1-17-10-4-5-18-11(10)12(16)15-9-3-2-7(13)6-8(9)14/h2-6H,1H3,(H,15,16). The van der Waals surface area contributed by atoms with E-state index in [1.165, 1.54) is 30.6 Å². The second-order valence-electron chi connectivity index (χ2n) is 3.40. The van der Waals surface area contributed by atoms with Gasteiger partial charge in [0.05, 0.1) is 12.8 Å². The predicted octanol–water partition coefficient (Wildman–Crippen LogP) is 3.91. The SMILES string of the molecule is COc1ccsc1C(=O)Nc1ccc(Br)cc1F. The molecule has 3 nitrogen and oxygen atoms in total. The Morgan fingerprint density at radius 2 is 2.22 bits per heavy atom. The summed E-state index contributed by atoms with van der Waals surface area (Å²) in [5.41, 5.74) is 0.138. The van der Waals surface area contributed by atoms with Crippen LogP contribution in [0.15, 0.2) is 34.1 Å². The van der Waals surface area contributed by atoms with Crippen molar-refractivity contribution in [1.82, 2.24) is 0 Å². The number of hydrogen-bond acceptors (Lipinski definition) is 3. The molecule has 0 unspecified atom stereocenters. The van der Waals surface area contributed by atoms with Gasteiger partial charge >= 0.3 is 0 Å². The van der Waals surface area contributed by atoms with Crippen molar-refractivity contribution in [3.63, 3.8) is 0 Å². The minimum atomic E-state index is -0.492. The van der Waals surface area contributed by atoms with Crippen molar-refractivity contribution >= 4 is 38.9 Å². The van der Waals surface area contributed by atoms with Gasteiger partial charge in [0, 0.05) is 4.47 Å². The molecule has 2 aromatic rings. The smallest absolute Gasteiger partial charge is 0.269 e. The largest absolute Gasteiger partial charge is 0.495 e. The number of hydrogen-bond donors (Lipinski definition) is 1. The fourth-order valence-electron chi connectivity index (χ4n) is 1.39. The molecule has 0 fully saturated rings. The number of benzene rings is 1. The first-order valence-corrected chi connectivity index (χ1v) is 6.67. The zero-order valence-electron chi connectivity index (χ0n) is 9.37. The summed E-state index contributed by atoms with van der Waals surface area (Å²) in [6.07, 6.45) is 0. The molecule has 0 aliphatic heterocycles. The summed E-state index contributed by atoms with van der Waals surface area (Å²) >= 11 is 4.40. The molecule has 1 aromatic carbocycles. The van der Waals surface area contributed by atoms with Crippen LogP contribution in [0.1, 0.15) is 9.67 Å². The molecule has 6 heteroatoms. The van der Waals surface area contributed by atoms with Gasteiger partial charge in [0.1, 0.15) is 16.4 Å². The van der Waals surface area contributed by atoms with Gasteiger partial charge in [0.2, 0.25) is 0 Å². The fraction of sp³-hybridized carbons (Fsp3) is 0.0833. The van der Waals surface area contributed by atoms with E-state index >= 15 is 0 Å². The second-order valence-corrected chi connectivity index (χ2v) is 5.23. The zero-order chi connectivity index (χ0) is 13.1. The van der Waals surface area contributed by atoms with Crippen LogP contribution in [0.5, 0.6) is 5.75 Å². The third-order valence-corrected chi connectivity index (χ3v) is 3.62. The number of ether oxygens (including phenoxy) is 1. The number of nitrogens with one attached hydrogen (secondary N) is 1. The van der Waals surface area contributed by atoms with E-state index in [1.54, 1.807) is 17.5 Å². The predicted molar refractivity (Wildman–Crippen MR) is 72.9 cm³/mol. The third-order valence-electron chi connectivity index (χ3n) is 2.23. The van der Waals surface area contributed by atoms with Gasteiger partial charge in [-0.3, -0.25) is 4.79 Å². The summed E-state index contributed by atoms with van der Waals surface area (Å²) < 4.78 is 19.2. The molecule has 0 saturated heterocycles. The minimum absolute atomic E-state index is 0.138. The van der Waals surface area contributed by atoms with Gasteiger partial charge in [-0.05, 0) is 29.6 Å². The molecule has 0 bridgehead atoms. The van der Waals surface area contributed by atoms with Gasteiger partial charge in [-0.25, -0.2) is 4.39 Å². The molecule has 0 radical (unpaired) electrons. The Hall–Kier alpha value is -1.40. The van der Waals surface area contributed by atoms with Crippen molar-refractivity contribution in [2.45, 2.75) is 0 Å². The molecule has 0 saturated carbocycles. The van der Waals surface area contributed by atoms with Crippen molar-refractivity contribution in [3.05, 3.63) is 44.8 Å². The van der Waals surface area contributed by atoms with Crippen LogP contribution in [-0.4, -0.2) is 13.0 Å². The number of methoxy groups -OCH3 is 1. The van der Waals surface area contributed by atoms with E-state index in [2.05, 4.69) is 21.2 Å². The van der Waals surface area contributed by atoms with Gasteiger partial charge in [-0.15, -0.1) is 11.3 Å². The normalized spacial score (nSPS) is 10.2. The Morgan fingerprint density at radius 3 is 2.89 bits per heavy atom. The minimum Gasteiger partial charge on any atom is -0.495 e. The molecular formula is C12H9BrFNO2S. The summed E-state index contributed by atoms with van der Waals surface area (Å²) in [7, 11) is 1.49. The highest BCUT2D eigenvalue weighted by atomic mass is 79.9. The number of carbonyl (C=O) groups excluding carboxylic acids is 1. The molecule has 0 aliphatic rings. The first-order valence-electron chi connectivity index (χ1n) is 4.99. The average Bonchev–Trinajstić information content (AvgIpc) is 2.81. The maximum absolute atomic E-state index is 13.6. The number of halogens is 2. The van der Waals surface area contributed by atoms with Gasteiger partial charge in [-0.2, -0.15) is 0 Å². The lowest BCUT2D eigenvalue weighted by molar-refractivity contribution is 0.102. The van der Waals surface area contributed by atoms with Crippen LogP contribution in [0.3, 0.4) is 0 Å². The lowest BCUT2D eigenvalue weighted by atomic mass is 10.3.